The lowest BCUT2D eigenvalue weighted by molar-refractivity contribution is 0.0340. The second-order valence-corrected chi connectivity index (χ2v) is 4.99. The zero-order valence-electron chi connectivity index (χ0n) is 12.0. The van der Waals surface area contributed by atoms with Crippen molar-refractivity contribution in [1.82, 2.24) is 5.32 Å². The van der Waals surface area contributed by atoms with Gasteiger partial charge in [-0.2, -0.15) is 0 Å². The summed E-state index contributed by atoms with van der Waals surface area (Å²) in [4.78, 5) is 0. The summed E-state index contributed by atoms with van der Waals surface area (Å²) >= 11 is 0. The van der Waals surface area contributed by atoms with Gasteiger partial charge in [0.2, 0.25) is 0 Å². The Morgan fingerprint density at radius 1 is 1.33 bits per heavy atom. The fourth-order valence-corrected chi connectivity index (χ4v) is 1.95. The first kappa shape index (κ1) is 15.2. The number of ether oxygens (including phenoxy) is 1. The highest BCUT2D eigenvalue weighted by molar-refractivity contribution is 5.27. The van der Waals surface area contributed by atoms with E-state index in [2.05, 4.69) is 11.2 Å². The van der Waals surface area contributed by atoms with Crippen molar-refractivity contribution in [1.29, 1.82) is 0 Å². The van der Waals surface area contributed by atoms with Gasteiger partial charge in [0, 0.05) is 13.1 Å². The molecule has 2 rings (SSSR count). The topological polar surface area (TPSA) is 54.6 Å². The van der Waals surface area contributed by atoms with E-state index in [1.54, 1.807) is 25.3 Å². The lowest BCUT2D eigenvalue weighted by Crippen LogP contribution is -2.34. The van der Waals surface area contributed by atoms with Crippen molar-refractivity contribution in [3.8, 4) is 18.1 Å². The van der Waals surface area contributed by atoms with Crippen molar-refractivity contribution in [2.75, 3.05) is 13.2 Å². The largest absolute Gasteiger partial charge is 0.481 e. The summed E-state index contributed by atoms with van der Waals surface area (Å²) in [6, 6.07) is 11.2. The Morgan fingerprint density at radius 2 is 2.10 bits per heavy atom. The summed E-state index contributed by atoms with van der Waals surface area (Å²) in [6.07, 6.45) is 6.69. The average molecular weight is 285 g/mol. The van der Waals surface area contributed by atoms with Crippen LogP contribution < -0.4 is 10.1 Å². The van der Waals surface area contributed by atoms with E-state index in [0.717, 1.165) is 11.3 Å². The number of rotatable bonds is 7. The fourth-order valence-electron chi connectivity index (χ4n) is 1.95. The minimum absolute atomic E-state index is 0.267. The molecule has 0 fully saturated rings. The molecule has 0 aliphatic carbocycles. The number of terminal acetylenes is 1. The fraction of sp³-hybridized carbons (Fsp3) is 0.294. The molecule has 0 spiro atoms. The van der Waals surface area contributed by atoms with Crippen LogP contribution in [0.1, 0.15) is 18.2 Å². The first-order chi connectivity index (χ1) is 10.1. The minimum Gasteiger partial charge on any atom is -0.481 e. The van der Waals surface area contributed by atoms with Crippen LogP contribution in [-0.4, -0.2) is 18.3 Å². The van der Waals surface area contributed by atoms with Gasteiger partial charge in [0.05, 0.1) is 6.26 Å². The monoisotopic (exact) mass is 285 g/mol. The SMILES string of the molecule is C#CCOc1ccc(CNCC(C)(O)c2ccco2)cc1. The molecule has 1 unspecified atom stereocenters. The maximum Gasteiger partial charge on any atom is 0.148 e. The van der Waals surface area contributed by atoms with Crippen molar-refractivity contribution in [2.45, 2.75) is 19.1 Å². The van der Waals surface area contributed by atoms with E-state index in [9.17, 15) is 5.11 Å². The molecule has 21 heavy (non-hydrogen) atoms. The highest BCUT2D eigenvalue weighted by Gasteiger charge is 2.25. The van der Waals surface area contributed by atoms with Gasteiger partial charge in [0.25, 0.3) is 0 Å². The molecule has 0 saturated carbocycles. The van der Waals surface area contributed by atoms with Crippen LogP contribution in [0.25, 0.3) is 0 Å². The van der Waals surface area contributed by atoms with Crippen molar-refractivity contribution in [2.24, 2.45) is 0 Å². The molecule has 1 aromatic carbocycles. The molecular weight excluding hydrogens is 266 g/mol. The number of hydrogen-bond acceptors (Lipinski definition) is 4. The van der Waals surface area contributed by atoms with Crippen LogP contribution in [0.2, 0.25) is 0 Å². The lowest BCUT2D eigenvalue weighted by Gasteiger charge is -2.21. The quantitative estimate of drug-likeness (QED) is 0.766. The molecule has 1 aromatic heterocycles. The van der Waals surface area contributed by atoms with Crippen LogP contribution in [0.15, 0.2) is 47.1 Å². The van der Waals surface area contributed by atoms with Gasteiger partial charge < -0.3 is 19.6 Å². The van der Waals surface area contributed by atoms with Crippen LogP contribution >= 0.6 is 0 Å². The molecule has 0 aliphatic heterocycles. The van der Waals surface area contributed by atoms with Gasteiger partial charge in [-0.25, -0.2) is 0 Å². The third kappa shape index (κ3) is 4.38. The predicted molar refractivity (Wildman–Crippen MR) is 80.8 cm³/mol. The van der Waals surface area contributed by atoms with Crippen molar-refractivity contribution in [3.63, 3.8) is 0 Å². The third-order valence-electron chi connectivity index (χ3n) is 3.10. The number of nitrogens with one attached hydrogen (secondary N) is 1. The molecule has 0 amide bonds. The molecular formula is C17H19NO3. The first-order valence-corrected chi connectivity index (χ1v) is 6.74. The standard InChI is InChI=1S/C17H19NO3/c1-3-10-20-15-8-6-14(7-9-15)12-18-13-17(2,19)16-5-4-11-21-16/h1,4-9,11,18-19H,10,12-13H2,2H3. The second-order valence-electron chi connectivity index (χ2n) is 4.99. The molecule has 4 nitrogen and oxygen atoms in total. The Hall–Kier alpha value is -2.22. The molecule has 2 N–H and O–H groups in total. The van der Waals surface area contributed by atoms with Gasteiger partial charge in [0.1, 0.15) is 23.7 Å². The van der Waals surface area contributed by atoms with Crippen LogP contribution in [0.4, 0.5) is 0 Å². The second kappa shape index (κ2) is 6.98. The summed E-state index contributed by atoms with van der Waals surface area (Å²) in [6.45, 7) is 3.03. The Bertz CT molecular complexity index is 579. The Labute approximate surface area is 124 Å². The number of furan rings is 1. The smallest absolute Gasteiger partial charge is 0.148 e. The van der Waals surface area contributed by atoms with Crippen LogP contribution in [0.3, 0.4) is 0 Å². The zero-order chi connectivity index (χ0) is 15.1. The molecule has 0 aliphatic rings. The molecule has 110 valence electrons. The molecule has 0 saturated heterocycles. The molecule has 1 atom stereocenters. The van der Waals surface area contributed by atoms with E-state index < -0.39 is 5.60 Å². The van der Waals surface area contributed by atoms with E-state index in [1.807, 2.05) is 24.3 Å². The summed E-state index contributed by atoms with van der Waals surface area (Å²) in [5.74, 6) is 3.72. The molecule has 1 heterocycles. The average Bonchev–Trinajstić information content (AvgIpc) is 3.01. The minimum atomic E-state index is -1.03. The Morgan fingerprint density at radius 3 is 2.71 bits per heavy atom. The number of aliphatic hydroxyl groups is 1. The Balaban J connectivity index is 1.82. The van der Waals surface area contributed by atoms with Gasteiger partial charge in [-0.05, 0) is 36.8 Å². The molecule has 0 radical (unpaired) electrons. The maximum absolute atomic E-state index is 10.3. The molecule has 2 aromatic rings. The van der Waals surface area contributed by atoms with Gasteiger partial charge in [0.15, 0.2) is 0 Å². The van der Waals surface area contributed by atoms with E-state index in [4.69, 9.17) is 15.6 Å². The third-order valence-corrected chi connectivity index (χ3v) is 3.10. The van der Waals surface area contributed by atoms with Crippen molar-refractivity contribution >= 4 is 0 Å². The summed E-state index contributed by atoms with van der Waals surface area (Å²) < 4.78 is 10.5. The normalized spacial score (nSPS) is 13.4. The predicted octanol–water partition coefficient (Wildman–Crippen LogP) is 2.29. The van der Waals surface area contributed by atoms with Crippen LogP contribution in [0.5, 0.6) is 5.75 Å². The summed E-state index contributed by atoms with van der Waals surface area (Å²) in [7, 11) is 0. The first-order valence-electron chi connectivity index (χ1n) is 6.74. The van der Waals surface area contributed by atoms with E-state index in [0.29, 0.717) is 18.8 Å². The van der Waals surface area contributed by atoms with E-state index in [1.165, 1.54) is 0 Å². The lowest BCUT2D eigenvalue weighted by atomic mass is 10.0. The van der Waals surface area contributed by atoms with Crippen molar-refractivity contribution in [3.05, 3.63) is 54.0 Å². The van der Waals surface area contributed by atoms with Gasteiger partial charge in [-0.15, -0.1) is 6.42 Å². The van der Waals surface area contributed by atoms with Gasteiger partial charge in [-0.3, -0.25) is 0 Å². The number of benzene rings is 1. The van der Waals surface area contributed by atoms with Crippen molar-refractivity contribution < 1.29 is 14.3 Å². The zero-order valence-corrected chi connectivity index (χ0v) is 12.0. The Kier molecular flexibility index (Phi) is 5.04. The van der Waals surface area contributed by atoms with E-state index in [-0.39, 0.29) is 6.61 Å². The number of hydrogen-bond donors (Lipinski definition) is 2. The van der Waals surface area contributed by atoms with Crippen LogP contribution in [-0.2, 0) is 12.1 Å². The highest BCUT2D eigenvalue weighted by atomic mass is 16.5. The van der Waals surface area contributed by atoms with Gasteiger partial charge in [-0.1, -0.05) is 18.1 Å². The van der Waals surface area contributed by atoms with Gasteiger partial charge >= 0.3 is 0 Å². The van der Waals surface area contributed by atoms with E-state index >= 15 is 0 Å². The van der Waals surface area contributed by atoms with Crippen LogP contribution in [0, 0.1) is 12.3 Å². The summed E-state index contributed by atoms with van der Waals surface area (Å²) in [5, 5.41) is 13.5. The molecule has 0 bridgehead atoms. The summed E-state index contributed by atoms with van der Waals surface area (Å²) in [5.41, 5.74) is 0.0672. The maximum atomic E-state index is 10.3. The highest BCUT2D eigenvalue weighted by Crippen LogP contribution is 2.20. The molecule has 4 heteroatoms.